The Hall–Kier alpha value is -1.82. The number of pyridine rings is 1. The van der Waals surface area contributed by atoms with E-state index in [2.05, 4.69) is 15.2 Å². The summed E-state index contributed by atoms with van der Waals surface area (Å²) in [4.78, 5) is 18.4. The molecule has 0 unspecified atom stereocenters. The fourth-order valence-electron chi connectivity index (χ4n) is 2.74. The minimum absolute atomic E-state index is 0.103. The van der Waals surface area contributed by atoms with Crippen LogP contribution in [-0.4, -0.2) is 37.1 Å². The molecule has 1 saturated heterocycles. The van der Waals surface area contributed by atoms with Gasteiger partial charge in [0, 0.05) is 25.8 Å². The number of aromatic nitrogens is 1. The van der Waals surface area contributed by atoms with Crippen LogP contribution in [0.2, 0.25) is 10.0 Å². The van der Waals surface area contributed by atoms with Gasteiger partial charge in [0.1, 0.15) is 11.9 Å². The van der Waals surface area contributed by atoms with Crippen molar-refractivity contribution < 1.29 is 9.53 Å². The number of anilines is 1. The SMILES string of the molecule is CCNC(=O)c1ccc(N2CCO[C@H](c3ccc(Cl)c(Cl)c3)C2)nc1. The Balaban J connectivity index is 1.72. The summed E-state index contributed by atoms with van der Waals surface area (Å²) in [6, 6.07) is 9.19. The lowest BCUT2D eigenvalue weighted by Gasteiger charge is -2.34. The van der Waals surface area contributed by atoms with Crippen LogP contribution in [0, 0.1) is 0 Å². The fourth-order valence-corrected chi connectivity index (χ4v) is 3.05. The monoisotopic (exact) mass is 379 g/mol. The van der Waals surface area contributed by atoms with E-state index in [0.29, 0.717) is 35.3 Å². The van der Waals surface area contributed by atoms with E-state index in [9.17, 15) is 4.79 Å². The molecule has 0 saturated carbocycles. The Morgan fingerprint density at radius 1 is 1.32 bits per heavy atom. The molecule has 1 amide bonds. The van der Waals surface area contributed by atoms with Gasteiger partial charge in [-0.3, -0.25) is 4.79 Å². The third-order valence-electron chi connectivity index (χ3n) is 4.05. The molecule has 2 heterocycles. The lowest BCUT2D eigenvalue weighted by molar-refractivity contribution is 0.0395. The Labute approximate surface area is 156 Å². The number of amides is 1. The largest absolute Gasteiger partial charge is 0.370 e. The molecule has 132 valence electrons. The molecule has 7 heteroatoms. The summed E-state index contributed by atoms with van der Waals surface area (Å²) >= 11 is 12.1. The lowest BCUT2D eigenvalue weighted by atomic mass is 10.1. The number of nitrogens with zero attached hydrogens (tertiary/aromatic N) is 2. The van der Waals surface area contributed by atoms with Crippen LogP contribution in [0.15, 0.2) is 36.5 Å². The standard InChI is InChI=1S/C18H19Cl2N3O2/c1-2-21-18(24)13-4-6-17(22-10-13)23-7-8-25-16(11-23)12-3-5-14(19)15(20)9-12/h3-6,9-10,16H,2,7-8,11H2,1H3,(H,21,24)/t16-/m0/s1. The molecule has 1 N–H and O–H groups in total. The van der Waals surface area contributed by atoms with Gasteiger partial charge in [-0.25, -0.2) is 4.98 Å². The normalized spacial score (nSPS) is 17.4. The van der Waals surface area contributed by atoms with Gasteiger partial charge in [0.25, 0.3) is 5.91 Å². The van der Waals surface area contributed by atoms with E-state index in [0.717, 1.165) is 17.9 Å². The summed E-state index contributed by atoms with van der Waals surface area (Å²) in [5.41, 5.74) is 1.54. The van der Waals surface area contributed by atoms with E-state index in [4.69, 9.17) is 27.9 Å². The molecule has 0 aliphatic carbocycles. The molecule has 1 atom stereocenters. The number of hydrogen-bond donors (Lipinski definition) is 1. The van der Waals surface area contributed by atoms with E-state index < -0.39 is 0 Å². The molecule has 1 aliphatic heterocycles. The molecule has 1 fully saturated rings. The van der Waals surface area contributed by atoms with Crippen LogP contribution in [0.4, 0.5) is 5.82 Å². The second-order valence-electron chi connectivity index (χ2n) is 5.74. The smallest absolute Gasteiger partial charge is 0.252 e. The molecule has 0 radical (unpaired) electrons. The van der Waals surface area contributed by atoms with Gasteiger partial charge in [0.2, 0.25) is 0 Å². The minimum atomic E-state index is -0.114. The molecule has 0 bridgehead atoms. The maximum absolute atomic E-state index is 11.8. The van der Waals surface area contributed by atoms with Gasteiger partial charge < -0.3 is 15.0 Å². The van der Waals surface area contributed by atoms with E-state index in [1.807, 2.05) is 25.1 Å². The van der Waals surface area contributed by atoms with Crippen molar-refractivity contribution in [3.63, 3.8) is 0 Å². The van der Waals surface area contributed by atoms with Crippen molar-refractivity contribution in [3.05, 3.63) is 57.7 Å². The first-order chi connectivity index (χ1) is 12.1. The Morgan fingerprint density at radius 3 is 2.84 bits per heavy atom. The van der Waals surface area contributed by atoms with Crippen LogP contribution in [0.25, 0.3) is 0 Å². The van der Waals surface area contributed by atoms with Crippen molar-refractivity contribution in [2.75, 3.05) is 31.1 Å². The first kappa shape index (κ1) is 18.0. The highest BCUT2D eigenvalue weighted by Crippen LogP contribution is 2.30. The van der Waals surface area contributed by atoms with Gasteiger partial charge in [0.05, 0.1) is 22.2 Å². The lowest BCUT2D eigenvalue weighted by Crippen LogP contribution is -2.38. The summed E-state index contributed by atoms with van der Waals surface area (Å²) in [5, 5.41) is 3.81. The number of carbonyl (C=O) groups is 1. The molecule has 0 spiro atoms. The van der Waals surface area contributed by atoms with E-state index >= 15 is 0 Å². The van der Waals surface area contributed by atoms with Crippen LogP contribution in [-0.2, 0) is 4.74 Å². The van der Waals surface area contributed by atoms with Crippen molar-refractivity contribution in [3.8, 4) is 0 Å². The van der Waals surface area contributed by atoms with Crippen molar-refractivity contribution in [1.29, 1.82) is 0 Å². The van der Waals surface area contributed by atoms with Gasteiger partial charge in [-0.1, -0.05) is 29.3 Å². The van der Waals surface area contributed by atoms with E-state index in [1.165, 1.54) is 0 Å². The zero-order valence-electron chi connectivity index (χ0n) is 13.8. The minimum Gasteiger partial charge on any atom is -0.370 e. The number of hydrogen-bond acceptors (Lipinski definition) is 4. The van der Waals surface area contributed by atoms with Gasteiger partial charge in [-0.05, 0) is 36.8 Å². The molecule has 1 aliphatic rings. The van der Waals surface area contributed by atoms with Gasteiger partial charge in [-0.15, -0.1) is 0 Å². The van der Waals surface area contributed by atoms with Crippen molar-refractivity contribution in [2.24, 2.45) is 0 Å². The number of rotatable bonds is 4. The quantitative estimate of drug-likeness (QED) is 0.879. The summed E-state index contributed by atoms with van der Waals surface area (Å²) in [6.07, 6.45) is 1.50. The number of carbonyl (C=O) groups excluding carboxylic acids is 1. The van der Waals surface area contributed by atoms with Crippen molar-refractivity contribution in [1.82, 2.24) is 10.3 Å². The van der Waals surface area contributed by atoms with Crippen LogP contribution >= 0.6 is 23.2 Å². The first-order valence-electron chi connectivity index (χ1n) is 8.14. The van der Waals surface area contributed by atoms with Crippen LogP contribution in [0.3, 0.4) is 0 Å². The molecule has 5 nitrogen and oxygen atoms in total. The highest BCUT2D eigenvalue weighted by Gasteiger charge is 2.23. The van der Waals surface area contributed by atoms with E-state index in [-0.39, 0.29) is 12.0 Å². The zero-order valence-corrected chi connectivity index (χ0v) is 15.3. The molecule has 1 aromatic heterocycles. The summed E-state index contributed by atoms with van der Waals surface area (Å²) < 4.78 is 5.87. The summed E-state index contributed by atoms with van der Waals surface area (Å²) in [7, 11) is 0. The number of halogens is 2. The third-order valence-corrected chi connectivity index (χ3v) is 4.79. The Bertz CT molecular complexity index is 752. The van der Waals surface area contributed by atoms with Gasteiger partial charge in [-0.2, -0.15) is 0 Å². The Morgan fingerprint density at radius 2 is 2.16 bits per heavy atom. The van der Waals surface area contributed by atoms with Crippen LogP contribution < -0.4 is 10.2 Å². The third kappa shape index (κ3) is 4.24. The highest BCUT2D eigenvalue weighted by atomic mass is 35.5. The van der Waals surface area contributed by atoms with Crippen molar-refractivity contribution >= 4 is 34.9 Å². The molecular weight excluding hydrogens is 361 g/mol. The maximum Gasteiger partial charge on any atom is 0.252 e. The molecular formula is C18H19Cl2N3O2. The maximum atomic E-state index is 11.8. The van der Waals surface area contributed by atoms with E-state index in [1.54, 1.807) is 18.3 Å². The van der Waals surface area contributed by atoms with Gasteiger partial charge in [0.15, 0.2) is 0 Å². The average molecular weight is 380 g/mol. The zero-order chi connectivity index (χ0) is 17.8. The van der Waals surface area contributed by atoms with Crippen LogP contribution in [0.5, 0.6) is 0 Å². The Kier molecular flexibility index (Phi) is 5.78. The van der Waals surface area contributed by atoms with Crippen molar-refractivity contribution in [2.45, 2.75) is 13.0 Å². The summed E-state index contributed by atoms with van der Waals surface area (Å²) in [5.74, 6) is 0.707. The highest BCUT2D eigenvalue weighted by molar-refractivity contribution is 6.42. The second-order valence-corrected chi connectivity index (χ2v) is 6.56. The first-order valence-corrected chi connectivity index (χ1v) is 8.90. The molecule has 2 aromatic rings. The number of benzene rings is 1. The fraction of sp³-hybridized carbons (Fsp3) is 0.333. The topological polar surface area (TPSA) is 54.5 Å². The predicted molar refractivity (Wildman–Crippen MR) is 99.6 cm³/mol. The van der Waals surface area contributed by atoms with Gasteiger partial charge >= 0.3 is 0 Å². The molecule has 25 heavy (non-hydrogen) atoms. The average Bonchev–Trinajstić information content (AvgIpc) is 2.64. The van der Waals surface area contributed by atoms with Crippen LogP contribution in [0.1, 0.15) is 28.9 Å². The second kappa shape index (κ2) is 8.04. The molecule has 1 aromatic carbocycles. The molecule has 3 rings (SSSR count). The number of morpholine rings is 1. The summed E-state index contributed by atoms with van der Waals surface area (Å²) in [6.45, 7) is 4.47. The number of ether oxygens (including phenoxy) is 1. The predicted octanol–water partition coefficient (Wildman–Crippen LogP) is 3.72. The number of nitrogens with one attached hydrogen (secondary N) is 1.